The smallest absolute Gasteiger partial charge is 0.201 e. The summed E-state index contributed by atoms with van der Waals surface area (Å²) in [6.45, 7) is 0. The molecule has 0 aliphatic carbocycles. The number of benzene rings is 2. The van der Waals surface area contributed by atoms with E-state index in [1.807, 2.05) is 6.07 Å². The number of nitrogens with one attached hydrogen (secondary N) is 2. The zero-order valence-corrected chi connectivity index (χ0v) is 16.3. The number of rotatable bonds is 5. The predicted molar refractivity (Wildman–Crippen MR) is 113 cm³/mol. The molecule has 0 saturated carbocycles. The van der Waals surface area contributed by atoms with Crippen LogP contribution in [0.4, 0.5) is 26.0 Å². The number of anilines is 3. The number of carbonyl (C=O) groups excluding carboxylic acids is 1. The van der Waals surface area contributed by atoms with Crippen LogP contribution in [0.3, 0.4) is 0 Å². The van der Waals surface area contributed by atoms with Crippen molar-refractivity contribution in [3.8, 4) is 11.3 Å². The lowest BCUT2D eigenvalue weighted by Crippen LogP contribution is -2.10. The van der Waals surface area contributed by atoms with Gasteiger partial charge < -0.3 is 20.5 Å². The standard InChI is InChI=1S/C22H14F2N6O2/c23-14-4-5-15(25)19(24)18(14)20(31)13-7-27-21-17(13)22(29-9-28-21)30-12-3-1-2-11(6-12)16-8-26-10-32-16/h1-10H,25H2,(H2,27,28,29,30). The molecule has 5 rings (SSSR count). The molecule has 3 aromatic heterocycles. The number of aromatic amines is 1. The molecule has 2 aromatic carbocycles. The van der Waals surface area contributed by atoms with Crippen LogP contribution in [-0.4, -0.2) is 25.7 Å². The number of nitrogen functional groups attached to an aromatic ring is 1. The van der Waals surface area contributed by atoms with Gasteiger partial charge in [-0.15, -0.1) is 0 Å². The van der Waals surface area contributed by atoms with Crippen LogP contribution in [0.5, 0.6) is 0 Å². The van der Waals surface area contributed by atoms with Crippen molar-refractivity contribution < 1.29 is 18.0 Å². The summed E-state index contributed by atoms with van der Waals surface area (Å²) in [5.74, 6) is -2.16. The van der Waals surface area contributed by atoms with E-state index in [-0.39, 0.29) is 22.5 Å². The minimum absolute atomic E-state index is 0.00195. The fraction of sp³-hybridized carbons (Fsp3) is 0. The quantitative estimate of drug-likeness (QED) is 0.277. The molecule has 0 amide bonds. The molecule has 0 unspecified atom stereocenters. The highest BCUT2D eigenvalue weighted by molar-refractivity contribution is 6.18. The number of hydrogen-bond acceptors (Lipinski definition) is 7. The van der Waals surface area contributed by atoms with Crippen molar-refractivity contribution in [2.45, 2.75) is 0 Å². The molecule has 0 fully saturated rings. The van der Waals surface area contributed by atoms with Gasteiger partial charge in [-0.05, 0) is 24.3 Å². The summed E-state index contributed by atoms with van der Waals surface area (Å²) in [6, 6.07) is 9.26. The molecule has 0 aliphatic heterocycles. The topological polar surface area (TPSA) is 123 Å². The third-order valence-corrected chi connectivity index (χ3v) is 4.90. The lowest BCUT2D eigenvalue weighted by Gasteiger charge is -2.10. The van der Waals surface area contributed by atoms with E-state index in [2.05, 4.69) is 25.3 Å². The van der Waals surface area contributed by atoms with Crippen molar-refractivity contribution in [1.82, 2.24) is 19.9 Å². The van der Waals surface area contributed by atoms with E-state index in [1.165, 1.54) is 18.9 Å². The first-order valence-electron chi connectivity index (χ1n) is 9.39. The zero-order chi connectivity index (χ0) is 22.2. The molecule has 8 nitrogen and oxygen atoms in total. The number of nitrogens with zero attached hydrogens (tertiary/aromatic N) is 3. The number of nitrogens with two attached hydrogens (primary N) is 1. The maximum absolute atomic E-state index is 14.5. The third kappa shape index (κ3) is 3.23. The van der Waals surface area contributed by atoms with E-state index in [0.29, 0.717) is 17.1 Å². The minimum Gasteiger partial charge on any atom is -0.444 e. The highest BCUT2D eigenvalue weighted by atomic mass is 19.1. The Bertz CT molecular complexity index is 1460. The van der Waals surface area contributed by atoms with E-state index in [9.17, 15) is 13.6 Å². The molecule has 0 saturated heterocycles. The molecular weight excluding hydrogens is 418 g/mol. The lowest BCUT2D eigenvalue weighted by molar-refractivity contribution is 0.103. The van der Waals surface area contributed by atoms with Gasteiger partial charge in [-0.2, -0.15) is 0 Å². The van der Waals surface area contributed by atoms with E-state index in [0.717, 1.165) is 17.7 Å². The number of aromatic nitrogens is 4. The van der Waals surface area contributed by atoms with Crippen LogP contribution in [0, 0.1) is 11.6 Å². The average Bonchev–Trinajstić information content (AvgIpc) is 3.47. The Morgan fingerprint density at radius 1 is 1.16 bits per heavy atom. The first-order chi connectivity index (χ1) is 15.5. The summed E-state index contributed by atoms with van der Waals surface area (Å²) < 4.78 is 34.1. The van der Waals surface area contributed by atoms with Gasteiger partial charge in [-0.1, -0.05) is 12.1 Å². The van der Waals surface area contributed by atoms with Gasteiger partial charge in [0.2, 0.25) is 5.78 Å². The Labute approximate surface area is 179 Å². The molecular formula is C22H14F2N6O2. The van der Waals surface area contributed by atoms with Crippen LogP contribution in [0.25, 0.3) is 22.4 Å². The Morgan fingerprint density at radius 2 is 2.03 bits per heavy atom. The largest absolute Gasteiger partial charge is 0.444 e. The normalized spacial score (nSPS) is 11.1. The summed E-state index contributed by atoms with van der Waals surface area (Å²) in [7, 11) is 0. The van der Waals surface area contributed by atoms with Crippen LogP contribution in [0.2, 0.25) is 0 Å². The molecule has 32 heavy (non-hydrogen) atoms. The molecule has 0 bridgehead atoms. The first kappa shape index (κ1) is 19.4. The Hall–Kier alpha value is -4.60. The van der Waals surface area contributed by atoms with Gasteiger partial charge in [0.05, 0.1) is 28.4 Å². The van der Waals surface area contributed by atoms with Gasteiger partial charge in [0.15, 0.2) is 18.0 Å². The molecule has 10 heteroatoms. The predicted octanol–water partition coefficient (Wildman–Crippen LogP) is 4.45. The molecule has 0 atom stereocenters. The van der Waals surface area contributed by atoms with Crippen molar-refractivity contribution in [2.24, 2.45) is 0 Å². The fourth-order valence-corrected chi connectivity index (χ4v) is 3.39. The van der Waals surface area contributed by atoms with E-state index in [4.69, 9.17) is 10.2 Å². The number of carbonyl (C=O) groups is 1. The minimum atomic E-state index is -1.12. The second-order valence-electron chi connectivity index (χ2n) is 6.87. The van der Waals surface area contributed by atoms with Crippen LogP contribution >= 0.6 is 0 Å². The molecule has 5 aromatic rings. The second kappa shape index (κ2) is 7.58. The number of oxazole rings is 1. The van der Waals surface area contributed by atoms with Crippen molar-refractivity contribution in [1.29, 1.82) is 0 Å². The van der Waals surface area contributed by atoms with Gasteiger partial charge in [-0.3, -0.25) is 4.79 Å². The Morgan fingerprint density at radius 3 is 2.84 bits per heavy atom. The van der Waals surface area contributed by atoms with Gasteiger partial charge in [0.25, 0.3) is 0 Å². The number of ketones is 1. The second-order valence-corrected chi connectivity index (χ2v) is 6.87. The van der Waals surface area contributed by atoms with E-state index < -0.39 is 23.0 Å². The summed E-state index contributed by atoms with van der Waals surface area (Å²) in [4.78, 5) is 28.1. The number of fused-ring (bicyclic) bond motifs is 1. The number of halogens is 2. The van der Waals surface area contributed by atoms with Crippen LogP contribution in [0.1, 0.15) is 15.9 Å². The Balaban J connectivity index is 1.59. The average molecular weight is 432 g/mol. The number of hydrogen-bond donors (Lipinski definition) is 3. The van der Waals surface area contributed by atoms with Crippen LogP contribution in [-0.2, 0) is 0 Å². The van der Waals surface area contributed by atoms with E-state index >= 15 is 0 Å². The van der Waals surface area contributed by atoms with E-state index in [1.54, 1.807) is 24.4 Å². The molecule has 158 valence electrons. The maximum atomic E-state index is 14.5. The first-order valence-corrected chi connectivity index (χ1v) is 9.39. The number of H-pyrrole nitrogens is 1. The summed E-state index contributed by atoms with van der Waals surface area (Å²) >= 11 is 0. The SMILES string of the molecule is Nc1ccc(F)c(C(=O)c2c[nH]c3ncnc(Nc4cccc(-c5cnco5)c4)c23)c1F. The Kier molecular flexibility index (Phi) is 4.59. The monoisotopic (exact) mass is 432 g/mol. The van der Waals surface area contributed by atoms with Crippen molar-refractivity contribution in [2.75, 3.05) is 11.1 Å². The van der Waals surface area contributed by atoms with Gasteiger partial charge >= 0.3 is 0 Å². The van der Waals surface area contributed by atoms with Crippen molar-refractivity contribution >= 4 is 34.0 Å². The van der Waals surface area contributed by atoms with Crippen LogP contribution in [0.15, 0.2) is 65.9 Å². The van der Waals surface area contributed by atoms with Gasteiger partial charge in [0.1, 0.15) is 23.6 Å². The molecule has 0 aliphatic rings. The summed E-state index contributed by atoms with van der Waals surface area (Å²) in [5.41, 5.74) is 6.19. The third-order valence-electron chi connectivity index (χ3n) is 4.90. The molecule has 0 radical (unpaired) electrons. The van der Waals surface area contributed by atoms with Crippen LogP contribution < -0.4 is 11.1 Å². The lowest BCUT2D eigenvalue weighted by atomic mass is 10.0. The molecule has 4 N–H and O–H groups in total. The zero-order valence-electron chi connectivity index (χ0n) is 16.3. The van der Waals surface area contributed by atoms with Crippen molar-refractivity contribution in [3.05, 3.63) is 84.3 Å². The molecule has 0 spiro atoms. The van der Waals surface area contributed by atoms with Gasteiger partial charge in [-0.25, -0.2) is 23.7 Å². The fourth-order valence-electron chi connectivity index (χ4n) is 3.39. The maximum Gasteiger partial charge on any atom is 0.201 e. The summed E-state index contributed by atoms with van der Waals surface area (Å²) in [6.07, 6.45) is 5.55. The van der Waals surface area contributed by atoms with Crippen molar-refractivity contribution in [3.63, 3.8) is 0 Å². The van der Waals surface area contributed by atoms with Gasteiger partial charge in [0, 0.05) is 17.4 Å². The highest BCUT2D eigenvalue weighted by Crippen LogP contribution is 2.31. The summed E-state index contributed by atoms with van der Waals surface area (Å²) in [5, 5.41) is 3.41. The highest BCUT2D eigenvalue weighted by Gasteiger charge is 2.25. The molecule has 3 heterocycles.